The Bertz CT molecular complexity index is 880. The Morgan fingerprint density at radius 3 is 2.68 bits per heavy atom. The Hall–Kier alpha value is -3.09. The third-order valence-corrected chi connectivity index (χ3v) is 4.01. The fourth-order valence-corrected chi connectivity index (χ4v) is 2.79. The molecule has 0 spiro atoms. The zero-order valence-corrected chi connectivity index (χ0v) is 13.5. The minimum Gasteiger partial charge on any atom is -0.324 e. The summed E-state index contributed by atoms with van der Waals surface area (Å²) < 4.78 is 14.3. The maximum Gasteiger partial charge on any atom is 0.270 e. The molecule has 1 atom stereocenters. The number of rotatable bonds is 4. The van der Waals surface area contributed by atoms with Gasteiger partial charge in [-0.15, -0.1) is 0 Å². The number of amides is 1. The van der Waals surface area contributed by atoms with Crippen molar-refractivity contribution in [1.82, 2.24) is 0 Å². The second kappa shape index (κ2) is 6.80. The molecule has 0 aromatic heterocycles. The number of benzene rings is 2. The summed E-state index contributed by atoms with van der Waals surface area (Å²) in [6, 6.07) is 9.46. The second-order valence-corrected chi connectivity index (χ2v) is 5.74. The van der Waals surface area contributed by atoms with Crippen molar-refractivity contribution in [2.24, 2.45) is 4.99 Å². The van der Waals surface area contributed by atoms with Crippen LogP contribution in [0.1, 0.15) is 30.9 Å². The molecule has 6 nitrogen and oxygen atoms in total. The van der Waals surface area contributed by atoms with Crippen molar-refractivity contribution in [2.75, 3.05) is 5.32 Å². The van der Waals surface area contributed by atoms with Crippen LogP contribution in [0.3, 0.4) is 0 Å². The van der Waals surface area contributed by atoms with Gasteiger partial charge in [0.2, 0.25) is 5.91 Å². The van der Waals surface area contributed by atoms with Gasteiger partial charge in [-0.2, -0.15) is 0 Å². The SMILES string of the molecule is CCCC1N=C(c2ccccc2F)c2cc([N+](=O)[O-])ccc2NC1=O. The van der Waals surface area contributed by atoms with Gasteiger partial charge in [0.1, 0.15) is 11.9 Å². The molecule has 128 valence electrons. The number of fused-ring (bicyclic) bond motifs is 1. The van der Waals surface area contributed by atoms with Gasteiger partial charge in [0.15, 0.2) is 0 Å². The lowest BCUT2D eigenvalue weighted by Gasteiger charge is -2.10. The van der Waals surface area contributed by atoms with E-state index in [0.717, 1.165) is 6.42 Å². The lowest BCUT2D eigenvalue weighted by molar-refractivity contribution is -0.384. The highest BCUT2D eigenvalue weighted by Gasteiger charge is 2.27. The van der Waals surface area contributed by atoms with Crippen LogP contribution in [0.4, 0.5) is 15.8 Å². The highest BCUT2D eigenvalue weighted by molar-refractivity contribution is 6.20. The summed E-state index contributed by atoms with van der Waals surface area (Å²) in [5, 5.41) is 13.9. The molecule has 0 aliphatic carbocycles. The molecule has 0 fully saturated rings. The van der Waals surface area contributed by atoms with Crippen LogP contribution < -0.4 is 5.32 Å². The van der Waals surface area contributed by atoms with Gasteiger partial charge in [0, 0.05) is 23.3 Å². The van der Waals surface area contributed by atoms with Gasteiger partial charge in [-0.25, -0.2) is 4.39 Å². The summed E-state index contributed by atoms with van der Waals surface area (Å²) in [6.07, 6.45) is 1.22. The molecule has 3 rings (SSSR count). The number of aliphatic imine (C=N–C) groups is 1. The molecule has 1 heterocycles. The molecular formula is C18H16FN3O3. The first-order chi connectivity index (χ1) is 12.0. The van der Waals surface area contributed by atoms with Crippen LogP contribution >= 0.6 is 0 Å². The summed E-state index contributed by atoms with van der Waals surface area (Å²) in [5.41, 5.74) is 1.03. The summed E-state index contributed by atoms with van der Waals surface area (Å²) in [7, 11) is 0. The van der Waals surface area contributed by atoms with Crippen LogP contribution in [0.25, 0.3) is 0 Å². The predicted molar refractivity (Wildman–Crippen MR) is 92.5 cm³/mol. The van der Waals surface area contributed by atoms with E-state index < -0.39 is 16.8 Å². The van der Waals surface area contributed by atoms with Crippen molar-refractivity contribution >= 4 is 23.0 Å². The van der Waals surface area contributed by atoms with E-state index >= 15 is 0 Å². The Kier molecular flexibility index (Phi) is 4.56. The summed E-state index contributed by atoms with van der Waals surface area (Å²) in [6.45, 7) is 1.93. The van der Waals surface area contributed by atoms with Crippen molar-refractivity contribution in [3.63, 3.8) is 0 Å². The number of hydrogen-bond donors (Lipinski definition) is 1. The normalized spacial score (nSPS) is 16.5. The zero-order valence-electron chi connectivity index (χ0n) is 13.5. The summed E-state index contributed by atoms with van der Waals surface area (Å²) in [5.74, 6) is -0.799. The maximum atomic E-state index is 14.3. The maximum absolute atomic E-state index is 14.3. The van der Waals surface area contributed by atoms with Crippen molar-refractivity contribution in [3.05, 3.63) is 69.5 Å². The molecule has 1 N–H and O–H groups in total. The average Bonchev–Trinajstić information content (AvgIpc) is 2.72. The molecule has 1 aliphatic heterocycles. The van der Waals surface area contributed by atoms with Gasteiger partial charge in [0.25, 0.3) is 5.69 Å². The monoisotopic (exact) mass is 341 g/mol. The highest BCUT2D eigenvalue weighted by atomic mass is 19.1. The van der Waals surface area contributed by atoms with Crippen molar-refractivity contribution in [2.45, 2.75) is 25.8 Å². The highest BCUT2D eigenvalue weighted by Crippen LogP contribution is 2.29. The number of hydrogen-bond acceptors (Lipinski definition) is 4. The first-order valence-electron chi connectivity index (χ1n) is 7.93. The summed E-state index contributed by atoms with van der Waals surface area (Å²) >= 11 is 0. The number of nitro groups is 1. The Morgan fingerprint density at radius 2 is 2.00 bits per heavy atom. The van der Waals surface area contributed by atoms with Gasteiger partial charge in [-0.3, -0.25) is 19.9 Å². The number of nitrogens with one attached hydrogen (secondary N) is 1. The third kappa shape index (κ3) is 3.26. The van der Waals surface area contributed by atoms with Gasteiger partial charge < -0.3 is 5.32 Å². The lowest BCUT2D eigenvalue weighted by atomic mass is 9.99. The minimum absolute atomic E-state index is 0.147. The molecule has 1 aliphatic rings. The quantitative estimate of drug-likeness (QED) is 0.680. The van der Waals surface area contributed by atoms with Crippen LogP contribution in [0.2, 0.25) is 0 Å². The van der Waals surface area contributed by atoms with Crippen molar-refractivity contribution in [3.8, 4) is 0 Å². The number of halogens is 1. The first kappa shape index (κ1) is 16.8. The van der Waals surface area contributed by atoms with Gasteiger partial charge in [-0.05, 0) is 24.6 Å². The third-order valence-electron chi connectivity index (χ3n) is 4.01. The topological polar surface area (TPSA) is 84.6 Å². The Morgan fingerprint density at radius 1 is 1.24 bits per heavy atom. The molecule has 25 heavy (non-hydrogen) atoms. The fourth-order valence-electron chi connectivity index (χ4n) is 2.79. The van der Waals surface area contributed by atoms with Crippen molar-refractivity contribution < 1.29 is 14.1 Å². The smallest absolute Gasteiger partial charge is 0.270 e. The largest absolute Gasteiger partial charge is 0.324 e. The number of anilines is 1. The van der Waals surface area contributed by atoms with Gasteiger partial charge in [0.05, 0.1) is 16.3 Å². The van der Waals surface area contributed by atoms with Crippen LogP contribution in [0.15, 0.2) is 47.5 Å². The Balaban J connectivity index is 2.25. The zero-order chi connectivity index (χ0) is 18.0. The van der Waals surface area contributed by atoms with Crippen molar-refractivity contribution in [1.29, 1.82) is 0 Å². The van der Waals surface area contributed by atoms with Crippen LogP contribution in [-0.2, 0) is 4.79 Å². The second-order valence-electron chi connectivity index (χ2n) is 5.74. The van der Waals surface area contributed by atoms with Crippen LogP contribution in [0.5, 0.6) is 0 Å². The number of benzodiazepines with no additional fused rings is 1. The molecule has 1 unspecified atom stereocenters. The molecule has 2 aromatic carbocycles. The summed E-state index contributed by atoms with van der Waals surface area (Å²) in [4.78, 5) is 27.4. The van der Waals surface area contributed by atoms with E-state index in [4.69, 9.17) is 0 Å². The standard InChI is InChI=1S/C18H16FN3O3/c1-2-5-16-18(23)21-15-9-8-11(22(24)25)10-13(15)17(20-16)12-6-3-4-7-14(12)19/h3-4,6-10,16H,2,5H2,1H3,(H,21,23). The van der Waals surface area contributed by atoms with E-state index in [1.54, 1.807) is 18.2 Å². The molecule has 2 aromatic rings. The van der Waals surface area contributed by atoms with E-state index in [2.05, 4.69) is 10.3 Å². The van der Waals surface area contributed by atoms with Crippen LogP contribution in [0, 0.1) is 15.9 Å². The first-order valence-corrected chi connectivity index (χ1v) is 7.93. The molecular weight excluding hydrogens is 325 g/mol. The van der Waals surface area contributed by atoms with E-state index in [-0.39, 0.29) is 22.9 Å². The molecule has 7 heteroatoms. The van der Waals surface area contributed by atoms with E-state index in [0.29, 0.717) is 17.7 Å². The number of carbonyl (C=O) groups excluding carboxylic acids is 1. The van der Waals surface area contributed by atoms with E-state index in [1.807, 2.05) is 6.92 Å². The average molecular weight is 341 g/mol. The molecule has 0 saturated carbocycles. The van der Waals surface area contributed by atoms with E-state index in [9.17, 15) is 19.3 Å². The van der Waals surface area contributed by atoms with Crippen LogP contribution in [-0.4, -0.2) is 22.6 Å². The molecule has 0 radical (unpaired) electrons. The predicted octanol–water partition coefficient (Wildman–Crippen LogP) is 3.69. The molecule has 1 amide bonds. The number of nitrogens with zero attached hydrogens (tertiary/aromatic N) is 2. The molecule has 0 bridgehead atoms. The molecule has 0 saturated heterocycles. The van der Waals surface area contributed by atoms with E-state index in [1.165, 1.54) is 24.3 Å². The lowest BCUT2D eigenvalue weighted by Crippen LogP contribution is -2.25. The minimum atomic E-state index is -0.675. The number of nitro benzene ring substituents is 1. The fraction of sp³-hybridized carbons (Fsp3) is 0.222. The number of carbonyl (C=O) groups is 1. The Labute approximate surface area is 143 Å². The van der Waals surface area contributed by atoms with Gasteiger partial charge in [-0.1, -0.05) is 25.5 Å². The number of non-ortho nitro benzene ring substituents is 1. The van der Waals surface area contributed by atoms with Gasteiger partial charge >= 0.3 is 0 Å².